The van der Waals surface area contributed by atoms with E-state index in [1.165, 1.54) is 0 Å². The molecule has 1 aromatic rings. The van der Waals surface area contributed by atoms with Gasteiger partial charge in [0.25, 0.3) is 0 Å². The van der Waals surface area contributed by atoms with Gasteiger partial charge in [-0.2, -0.15) is 0 Å². The SMILES string of the molecule is CCC[C@H](NC(=O)OCc1ccccc1)C(CCO)C(=O)O. The van der Waals surface area contributed by atoms with E-state index in [1.807, 2.05) is 37.3 Å². The van der Waals surface area contributed by atoms with Gasteiger partial charge in [0, 0.05) is 12.6 Å². The number of amides is 1. The third kappa shape index (κ3) is 6.13. The standard InChI is InChI=1S/C16H23NO5/c1-2-6-14(13(9-10-18)15(19)20)17-16(21)22-11-12-7-4-3-5-8-12/h3-5,7-8,13-14,18H,2,6,9-11H2,1H3,(H,17,21)(H,19,20)/t13?,14-/m0/s1. The Kier molecular flexibility index (Phi) is 7.99. The predicted octanol–water partition coefficient (Wildman–Crippen LogP) is 2.16. The fourth-order valence-corrected chi connectivity index (χ4v) is 2.24. The molecule has 1 aromatic carbocycles. The number of aliphatic carboxylic acids is 1. The maximum absolute atomic E-state index is 11.8. The summed E-state index contributed by atoms with van der Waals surface area (Å²) >= 11 is 0. The Bertz CT molecular complexity index is 463. The summed E-state index contributed by atoms with van der Waals surface area (Å²) in [5.41, 5.74) is 0.856. The summed E-state index contributed by atoms with van der Waals surface area (Å²) in [6, 6.07) is 8.67. The van der Waals surface area contributed by atoms with Crippen molar-refractivity contribution in [3.8, 4) is 0 Å². The van der Waals surface area contributed by atoms with Gasteiger partial charge in [0.15, 0.2) is 0 Å². The molecule has 0 heterocycles. The highest BCUT2D eigenvalue weighted by atomic mass is 16.5. The molecule has 1 amide bonds. The number of aliphatic hydroxyl groups excluding tert-OH is 1. The van der Waals surface area contributed by atoms with Crippen LogP contribution in [0.4, 0.5) is 4.79 Å². The van der Waals surface area contributed by atoms with Crippen molar-refractivity contribution in [1.82, 2.24) is 5.32 Å². The zero-order valence-corrected chi connectivity index (χ0v) is 12.7. The summed E-state index contributed by atoms with van der Waals surface area (Å²) in [6.45, 7) is 1.79. The molecule has 6 nitrogen and oxygen atoms in total. The zero-order chi connectivity index (χ0) is 16.4. The molecule has 0 aliphatic carbocycles. The first-order chi connectivity index (χ1) is 10.6. The minimum Gasteiger partial charge on any atom is -0.481 e. The van der Waals surface area contributed by atoms with E-state index in [0.29, 0.717) is 6.42 Å². The molecule has 3 N–H and O–H groups in total. The van der Waals surface area contributed by atoms with Gasteiger partial charge in [-0.05, 0) is 18.4 Å². The van der Waals surface area contributed by atoms with Crippen LogP contribution in [0.25, 0.3) is 0 Å². The van der Waals surface area contributed by atoms with Crippen LogP contribution < -0.4 is 5.32 Å². The van der Waals surface area contributed by atoms with Crippen LogP contribution in [-0.2, 0) is 16.1 Å². The van der Waals surface area contributed by atoms with Gasteiger partial charge in [0.2, 0.25) is 0 Å². The Labute approximate surface area is 130 Å². The molecule has 0 aliphatic heterocycles. The van der Waals surface area contributed by atoms with Crippen molar-refractivity contribution in [2.75, 3.05) is 6.61 Å². The van der Waals surface area contributed by atoms with E-state index >= 15 is 0 Å². The van der Waals surface area contributed by atoms with Crippen LogP contribution in [0.2, 0.25) is 0 Å². The van der Waals surface area contributed by atoms with E-state index in [9.17, 15) is 14.7 Å². The van der Waals surface area contributed by atoms with Crippen LogP contribution in [0.15, 0.2) is 30.3 Å². The first-order valence-corrected chi connectivity index (χ1v) is 7.39. The quantitative estimate of drug-likeness (QED) is 0.649. The average Bonchev–Trinajstić information content (AvgIpc) is 2.51. The lowest BCUT2D eigenvalue weighted by Gasteiger charge is -2.24. The molecule has 0 spiro atoms. The third-order valence-electron chi connectivity index (χ3n) is 3.36. The Hall–Kier alpha value is -2.08. The van der Waals surface area contributed by atoms with E-state index in [1.54, 1.807) is 0 Å². The molecular formula is C16H23NO5. The van der Waals surface area contributed by atoms with E-state index < -0.39 is 24.0 Å². The van der Waals surface area contributed by atoms with Gasteiger partial charge in [-0.25, -0.2) is 4.79 Å². The van der Waals surface area contributed by atoms with Crippen LogP contribution in [-0.4, -0.2) is 34.9 Å². The minimum atomic E-state index is -1.03. The van der Waals surface area contributed by atoms with Crippen molar-refractivity contribution in [2.24, 2.45) is 5.92 Å². The van der Waals surface area contributed by atoms with Gasteiger partial charge >= 0.3 is 12.1 Å². The Morgan fingerprint density at radius 1 is 1.23 bits per heavy atom. The second-order valence-corrected chi connectivity index (χ2v) is 5.06. The molecule has 0 saturated carbocycles. The van der Waals surface area contributed by atoms with Gasteiger partial charge in [0.05, 0.1) is 5.92 Å². The number of aliphatic hydroxyl groups is 1. The third-order valence-corrected chi connectivity index (χ3v) is 3.36. The topological polar surface area (TPSA) is 95.9 Å². The maximum atomic E-state index is 11.8. The number of alkyl carbamates (subject to hydrolysis) is 1. The van der Waals surface area contributed by atoms with Crippen LogP contribution in [0.3, 0.4) is 0 Å². The van der Waals surface area contributed by atoms with Gasteiger partial charge in [-0.1, -0.05) is 43.7 Å². The minimum absolute atomic E-state index is 0.0962. The van der Waals surface area contributed by atoms with Crippen molar-refractivity contribution in [1.29, 1.82) is 0 Å². The number of carboxylic acid groups (broad SMARTS) is 1. The Morgan fingerprint density at radius 2 is 1.91 bits per heavy atom. The number of nitrogens with one attached hydrogen (secondary N) is 1. The second-order valence-electron chi connectivity index (χ2n) is 5.06. The summed E-state index contributed by atoms with van der Waals surface area (Å²) < 4.78 is 5.11. The summed E-state index contributed by atoms with van der Waals surface area (Å²) in [4.78, 5) is 23.1. The Balaban J connectivity index is 2.57. The van der Waals surface area contributed by atoms with Gasteiger partial charge in [0.1, 0.15) is 6.61 Å². The second kappa shape index (κ2) is 9.78. The lowest BCUT2D eigenvalue weighted by molar-refractivity contribution is -0.143. The fourth-order valence-electron chi connectivity index (χ4n) is 2.24. The first-order valence-electron chi connectivity index (χ1n) is 7.39. The maximum Gasteiger partial charge on any atom is 0.407 e. The number of benzene rings is 1. The molecule has 0 bridgehead atoms. The Morgan fingerprint density at radius 3 is 2.45 bits per heavy atom. The zero-order valence-electron chi connectivity index (χ0n) is 12.7. The van der Waals surface area contributed by atoms with Gasteiger partial charge in [-0.15, -0.1) is 0 Å². The van der Waals surface area contributed by atoms with E-state index in [-0.39, 0.29) is 19.6 Å². The van der Waals surface area contributed by atoms with Crippen LogP contribution in [0.1, 0.15) is 31.7 Å². The molecule has 122 valence electrons. The summed E-state index contributed by atoms with van der Waals surface area (Å²) in [5.74, 6) is -1.86. The monoisotopic (exact) mass is 309 g/mol. The summed E-state index contributed by atoms with van der Waals surface area (Å²) in [7, 11) is 0. The van der Waals surface area contributed by atoms with Crippen molar-refractivity contribution in [3.63, 3.8) is 0 Å². The van der Waals surface area contributed by atoms with Crippen LogP contribution in [0, 0.1) is 5.92 Å². The van der Waals surface area contributed by atoms with Crippen LogP contribution >= 0.6 is 0 Å². The molecule has 2 atom stereocenters. The summed E-state index contributed by atoms with van der Waals surface area (Å²) in [5, 5.41) is 20.8. The van der Waals surface area contributed by atoms with Crippen LogP contribution in [0.5, 0.6) is 0 Å². The lowest BCUT2D eigenvalue weighted by Crippen LogP contribution is -2.44. The molecule has 0 fully saturated rings. The molecule has 6 heteroatoms. The molecule has 0 aliphatic rings. The largest absolute Gasteiger partial charge is 0.481 e. The molecule has 0 saturated heterocycles. The number of carbonyl (C=O) groups is 2. The molecule has 1 rings (SSSR count). The molecule has 0 radical (unpaired) electrons. The van der Waals surface area contributed by atoms with Gasteiger partial charge in [-0.3, -0.25) is 4.79 Å². The highest BCUT2D eigenvalue weighted by Gasteiger charge is 2.28. The number of carboxylic acids is 1. The highest BCUT2D eigenvalue weighted by molar-refractivity contribution is 5.73. The summed E-state index contributed by atoms with van der Waals surface area (Å²) in [6.07, 6.45) is 0.682. The smallest absolute Gasteiger partial charge is 0.407 e. The van der Waals surface area contributed by atoms with E-state index in [0.717, 1.165) is 12.0 Å². The number of rotatable bonds is 9. The lowest BCUT2D eigenvalue weighted by atomic mass is 9.93. The first kappa shape index (κ1) is 18.0. The van der Waals surface area contributed by atoms with Crippen molar-refractivity contribution in [2.45, 2.75) is 38.8 Å². The molecule has 0 aromatic heterocycles. The fraction of sp³-hybridized carbons (Fsp3) is 0.500. The van der Waals surface area contributed by atoms with E-state index in [2.05, 4.69) is 5.32 Å². The van der Waals surface area contributed by atoms with Gasteiger partial charge < -0.3 is 20.3 Å². The van der Waals surface area contributed by atoms with Crippen molar-refractivity contribution >= 4 is 12.1 Å². The average molecular weight is 309 g/mol. The highest BCUT2D eigenvalue weighted by Crippen LogP contribution is 2.15. The predicted molar refractivity (Wildman–Crippen MR) is 81.3 cm³/mol. The molecule has 1 unspecified atom stereocenters. The number of carbonyl (C=O) groups excluding carboxylic acids is 1. The van der Waals surface area contributed by atoms with E-state index in [4.69, 9.17) is 9.84 Å². The number of hydrogen-bond acceptors (Lipinski definition) is 4. The van der Waals surface area contributed by atoms with Crippen molar-refractivity contribution < 1.29 is 24.5 Å². The van der Waals surface area contributed by atoms with Crippen molar-refractivity contribution in [3.05, 3.63) is 35.9 Å². The number of hydrogen-bond donors (Lipinski definition) is 3. The molecular weight excluding hydrogens is 286 g/mol. The molecule has 22 heavy (non-hydrogen) atoms. The normalized spacial score (nSPS) is 13.2. The number of ether oxygens (including phenoxy) is 1.